The molecule has 15 heavy (non-hydrogen) atoms. The third-order valence-electron chi connectivity index (χ3n) is 2.61. The van der Waals surface area contributed by atoms with Gasteiger partial charge >= 0.3 is 0 Å². The Labute approximate surface area is 97.7 Å². The van der Waals surface area contributed by atoms with E-state index in [0.29, 0.717) is 13.3 Å². The molecule has 0 saturated carbocycles. The van der Waals surface area contributed by atoms with Crippen LogP contribution in [0.2, 0.25) is 0 Å². The van der Waals surface area contributed by atoms with E-state index in [1.54, 1.807) is 0 Å². The molecule has 0 bridgehead atoms. The molecule has 0 atom stereocenters. The van der Waals surface area contributed by atoms with Crippen LogP contribution in [0.3, 0.4) is 0 Å². The van der Waals surface area contributed by atoms with Gasteiger partial charge in [0.2, 0.25) is 6.79 Å². The number of benzene rings is 1. The summed E-state index contributed by atoms with van der Waals surface area (Å²) in [4.78, 5) is 0. The molecule has 0 radical (unpaired) electrons. The average Bonchev–Trinajstić information content (AvgIpc) is 2.69. The first-order valence-electron chi connectivity index (χ1n) is 5.01. The molecular formula is C11H14BrNO2. The molecule has 0 amide bonds. The van der Waals surface area contributed by atoms with Crippen LogP contribution in [0.25, 0.3) is 0 Å². The molecule has 0 saturated heterocycles. The molecule has 0 aliphatic carbocycles. The maximum Gasteiger partial charge on any atom is 0.231 e. The van der Waals surface area contributed by atoms with Gasteiger partial charge in [0.1, 0.15) is 0 Å². The van der Waals surface area contributed by atoms with Gasteiger partial charge in [0.05, 0.1) is 4.47 Å². The summed E-state index contributed by atoms with van der Waals surface area (Å²) in [6.07, 6.45) is 1.98. The smallest absolute Gasteiger partial charge is 0.231 e. The van der Waals surface area contributed by atoms with Crippen molar-refractivity contribution in [2.75, 3.05) is 13.3 Å². The Morgan fingerprint density at radius 3 is 3.00 bits per heavy atom. The lowest BCUT2D eigenvalue weighted by Gasteiger charge is -2.09. The third-order valence-corrected chi connectivity index (χ3v) is 3.56. The van der Waals surface area contributed by atoms with E-state index in [1.807, 2.05) is 0 Å². The van der Waals surface area contributed by atoms with Crippen LogP contribution in [-0.2, 0) is 6.42 Å². The predicted molar refractivity (Wildman–Crippen MR) is 62.4 cm³/mol. The molecule has 2 rings (SSSR count). The van der Waals surface area contributed by atoms with Crippen molar-refractivity contribution in [3.8, 4) is 11.5 Å². The zero-order valence-electron chi connectivity index (χ0n) is 8.68. The topological polar surface area (TPSA) is 44.5 Å². The minimum atomic E-state index is 0.313. The number of hydrogen-bond donors (Lipinski definition) is 1. The van der Waals surface area contributed by atoms with Crippen LogP contribution in [0.1, 0.15) is 17.5 Å². The van der Waals surface area contributed by atoms with Crippen molar-refractivity contribution >= 4 is 15.9 Å². The van der Waals surface area contributed by atoms with Crippen LogP contribution >= 0.6 is 15.9 Å². The first-order chi connectivity index (χ1) is 7.24. The number of nitrogens with two attached hydrogens (primary N) is 1. The lowest BCUT2D eigenvalue weighted by atomic mass is 10.0. The highest BCUT2D eigenvalue weighted by molar-refractivity contribution is 9.10. The van der Waals surface area contributed by atoms with Crippen LogP contribution < -0.4 is 15.2 Å². The van der Waals surface area contributed by atoms with Gasteiger partial charge in [-0.05, 0) is 59.4 Å². The normalized spacial score (nSPS) is 13.3. The molecule has 1 aliphatic rings. The molecule has 0 fully saturated rings. The summed E-state index contributed by atoms with van der Waals surface area (Å²) in [6, 6.07) is 2.05. The lowest BCUT2D eigenvalue weighted by molar-refractivity contribution is 0.173. The van der Waals surface area contributed by atoms with Crippen molar-refractivity contribution in [3.63, 3.8) is 0 Å². The molecule has 1 aromatic rings. The maximum atomic E-state index is 5.51. The van der Waals surface area contributed by atoms with Gasteiger partial charge in [0.15, 0.2) is 11.5 Å². The molecule has 82 valence electrons. The van der Waals surface area contributed by atoms with E-state index in [0.717, 1.165) is 28.8 Å². The molecule has 0 spiro atoms. The van der Waals surface area contributed by atoms with E-state index < -0.39 is 0 Å². The Kier molecular flexibility index (Phi) is 3.17. The van der Waals surface area contributed by atoms with Crippen molar-refractivity contribution in [3.05, 3.63) is 21.7 Å². The predicted octanol–water partition coefficient (Wildman–Crippen LogP) is 2.38. The second kappa shape index (κ2) is 4.41. The monoisotopic (exact) mass is 271 g/mol. The fraction of sp³-hybridized carbons (Fsp3) is 0.455. The van der Waals surface area contributed by atoms with E-state index in [-0.39, 0.29) is 0 Å². The van der Waals surface area contributed by atoms with E-state index in [1.165, 1.54) is 11.1 Å². The number of rotatable bonds is 3. The van der Waals surface area contributed by atoms with Crippen molar-refractivity contribution in [2.45, 2.75) is 19.8 Å². The van der Waals surface area contributed by atoms with Crippen molar-refractivity contribution < 1.29 is 9.47 Å². The maximum absolute atomic E-state index is 5.51. The van der Waals surface area contributed by atoms with Crippen LogP contribution in [0.15, 0.2) is 10.5 Å². The summed E-state index contributed by atoms with van der Waals surface area (Å²) >= 11 is 3.54. The first kappa shape index (κ1) is 10.8. The molecular weight excluding hydrogens is 258 g/mol. The van der Waals surface area contributed by atoms with E-state index in [9.17, 15) is 0 Å². The van der Waals surface area contributed by atoms with Crippen LogP contribution in [0.4, 0.5) is 0 Å². The summed E-state index contributed by atoms with van der Waals surface area (Å²) < 4.78 is 11.8. The number of halogens is 1. The lowest BCUT2D eigenvalue weighted by Crippen LogP contribution is -2.01. The van der Waals surface area contributed by atoms with Gasteiger partial charge in [0, 0.05) is 0 Å². The van der Waals surface area contributed by atoms with Gasteiger partial charge < -0.3 is 15.2 Å². The van der Waals surface area contributed by atoms with Gasteiger partial charge in [-0.15, -0.1) is 0 Å². The highest BCUT2D eigenvalue weighted by Gasteiger charge is 2.20. The zero-order chi connectivity index (χ0) is 10.8. The minimum absolute atomic E-state index is 0.313. The number of ether oxygens (including phenoxy) is 2. The molecule has 1 aliphatic heterocycles. The minimum Gasteiger partial charge on any atom is -0.454 e. The Morgan fingerprint density at radius 2 is 2.27 bits per heavy atom. The molecule has 1 aromatic carbocycles. The Morgan fingerprint density at radius 1 is 1.47 bits per heavy atom. The molecule has 4 heteroatoms. The fourth-order valence-electron chi connectivity index (χ4n) is 1.70. The highest BCUT2D eigenvalue weighted by atomic mass is 79.9. The Hall–Kier alpha value is -0.740. The summed E-state index contributed by atoms with van der Waals surface area (Å²) in [5.41, 5.74) is 8.00. The molecule has 2 N–H and O–H groups in total. The SMILES string of the molecule is Cc1c(CCCN)cc2c(c1Br)OCO2. The van der Waals surface area contributed by atoms with E-state index >= 15 is 0 Å². The Balaban J connectivity index is 2.36. The summed E-state index contributed by atoms with van der Waals surface area (Å²) in [6.45, 7) is 3.11. The van der Waals surface area contributed by atoms with Gasteiger partial charge in [-0.25, -0.2) is 0 Å². The van der Waals surface area contributed by atoms with Crippen LogP contribution in [0, 0.1) is 6.92 Å². The summed E-state index contributed by atoms with van der Waals surface area (Å²) in [5.74, 6) is 1.66. The molecule has 0 aromatic heterocycles. The van der Waals surface area contributed by atoms with Gasteiger partial charge in [-0.3, -0.25) is 0 Å². The Bertz CT molecular complexity index is 379. The highest BCUT2D eigenvalue weighted by Crippen LogP contribution is 2.42. The van der Waals surface area contributed by atoms with Crippen LogP contribution in [0.5, 0.6) is 11.5 Å². The average molecular weight is 272 g/mol. The standard InChI is InChI=1S/C11H14BrNO2/c1-7-8(3-2-4-13)5-9-11(10(7)12)15-6-14-9/h5H,2-4,6,13H2,1H3. The molecule has 1 heterocycles. The van der Waals surface area contributed by atoms with Crippen molar-refractivity contribution in [1.82, 2.24) is 0 Å². The quantitative estimate of drug-likeness (QED) is 0.918. The van der Waals surface area contributed by atoms with Crippen LogP contribution in [-0.4, -0.2) is 13.3 Å². The van der Waals surface area contributed by atoms with E-state index in [4.69, 9.17) is 15.2 Å². The number of hydrogen-bond acceptors (Lipinski definition) is 3. The zero-order valence-corrected chi connectivity index (χ0v) is 10.3. The third kappa shape index (κ3) is 1.96. The van der Waals surface area contributed by atoms with Gasteiger partial charge in [0.25, 0.3) is 0 Å². The molecule has 0 unspecified atom stereocenters. The van der Waals surface area contributed by atoms with Gasteiger partial charge in [-0.1, -0.05) is 0 Å². The number of aryl methyl sites for hydroxylation is 1. The largest absolute Gasteiger partial charge is 0.454 e. The van der Waals surface area contributed by atoms with Crippen molar-refractivity contribution in [2.24, 2.45) is 5.73 Å². The molecule has 3 nitrogen and oxygen atoms in total. The number of fused-ring (bicyclic) bond motifs is 1. The second-order valence-corrected chi connectivity index (χ2v) is 4.39. The fourth-order valence-corrected chi connectivity index (χ4v) is 2.26. The van der Waals surface area contributed by atoms with Crippen molar-refractivity contribution in [1.29, 1.82) is 0 Å². The summed E-state index contributed by atoms with van der Waals surface area (Å²) in [7, 11) is 0. The van der Waals surface area contributed by atoms with Gasteiger partial charge in [-0.2, -0.15) is 0 Å². The second-order valence-electron chi connectivity index (χ2n) is 3.60. The summed E-state index contributed by atoms with van der Waals surface area (Å²) in [5, 5.41) is 0. The van der Waals surface area contributed by atoms with E-state index in [2.05, 4.69) is 28.9 Å². The first-order valence-corrected chi connectivity index (χ1v) is 5.81.